The van der Waals surface area contributed by atoms with Gasteiger partial charge in [0.1, 0.15) is 0 Å². The Labute approximate surface area is 117 Å². The van der Waals surface area contributed by atoms with Gasteiger partial charge in [-0.2, -0.15) is 0 Å². The van der Waals surface area contributed by atoms with Gasteiger partial charge in [0, 0.05) is 36.4 Å². The minimum absolute atomic E-state index is 0.0527. The highest BCUT2D eigenvalue weighted by atomic mass is 79.9. The molecule has 1 aromatic carbocycles. The van der Waals surface area contributed by atoms with E-state index in [4.69, 9.17) is 10.5 Å². The highest BCUT2D eigenvalue weighted by Crippen LogP contribution is 2.27. The molecule has 1 saturated heterocycles. The van der Waals surface area contributed by atoms with Crippen LogP contribution in [-0.4, -0.2) is 26.3 Å². The van der Waals surface area contributed by atoms with Crippen LogP contribution in [0.25, 0.3) is 0 Å². The number of hydrogen-bond donors (Lipinski definition) is 1. The minimum atomic E-state index is 0.0527. The number of halogens is 1. The number of benzene rings is 1. The van der Waals surface area contributed by atoms with E-state index < -0.39 is 0 Å². The van der Waals surface area contributed by atoms with E-state index in [0.29, 0.717) is 6.10 Å². The second kappa shape index (κ2) is 6.04. The van der Waals surface area contributed by atoms with Gasteiger partial charge >= 0.3 is 0 Å². The first-order chi connectivity index (χ1) is 8.58. The van der Waals surface area contributed by atoms with E-state index in [-0.39, 0.29) is 6.04 Å². The Hall–Kier alpha value is -0.580. The maximum absolute atomic E-state index is 5.91. The third-order valence-electron chi connectivity index (χ3n) is 3.42. The molecule has 3 nitrogen and oxygen atoms in total. The molecular formula is C14H21BrN2O. The van der Waals surface area contributed by atoms with Gasteiger partial charge in [0.15, 0.2) is 0 Å². The monoisotopic (exact) mass is 312 g/mol. The summed E-state index contributed by atoms with van der Waals surface area (Å²) < 4.78 is 6.74. The number of likely N-dealkylation sites (N-methyl/N-ethyl adjacent to an activating group) is 1. The molecule has 0 aliphatic carbocycles. The SMILES string of the molecule is C[C@@H](N)c1ccc(N(C)CC2CCCO2)cc1Br. The molecule has 4 heteroatoms. The lowest BCUT2D eigenvalue weighted by Crippen LogP contribution is -2.28. The Balaban J connectivity index is 2.05. The summed E-state index contributed by atoms with van der Waals surface area (Å²) in [4.78, 5) is 2.24. The van der Waals surface area contributed by atoms with Crippen LogP contribution in [0, 0.1) is 0 Å². The predicted molar refractivity (Wildman–Crippen MR) is 79.0 cm³/mol. The summed E-state index contributed by atoms with van der Waals surface area (Å²) in [5.74, 6) is 0. The average Bonchev–Trinajstić information content (AvgIpc) is 2.81. The van der Waals surface area contributed by atoms with E-state index in [1.807, 2.05) is 6.92 Å². The van der Waals surface area contributed by atoms with Crippen molar-refractivity contribution < 1.29 is 4.74 Å². The van der Waals surface area contributed by atoms with Gasteiger partial charge in [-0.1, -0.05) is 22.0 Å². The molecule has 1 fully saturated rings. The smallest absolute Gasteiger partial charge is 0.0750 e. The van der Waals surface area contributed by atoms with Gasteiger partial charge in [-0.3, -0.25) is 0 Å². The molecule has 2 atom stereocenters. The molecular weight excluding hydrogens is 292 g/mol. The zero-order valence-corrected chi connectivity index (χ0v) is 12.6. The van der Waals surface area contributed by atoms with Crippen LogP contribution >= 0.6 is 15.9 Å². The van der Waals surface area contributed by atoms with Crippen molar-refractivity contribution in [3.63, 3.8) is 0 Å². The summed E-state index contributed by atoms with van der Waals surface area (Å²) in [5.41, 5.74) is 8.25. The van der Waals surface area contributed by atoms with Crippen LogP contribution in [0.4, 0.5) is 5.69 Å². The number of nitrogens with two attached hydrogens (primary N) is 1. The van der Waals surface area contributed by atoms with Crippen molar-refractivity contribution in [2.24, 2.45) is 5.73 Å². The molecule has 1 aliphatic rings. The standard InChI is InChI=1S/C14H21BrN2O/c1-10(16)13-6-5-11(8-14(13)15)17(2)9-12-4-3-7-18-12/h5-6,8,10,12H,3-4,7,9,16H2,1-2H3/t10-,12?/m1/s1. The Morgan fingerprint density at radius 3 is 2.89 bits per heavy atom. The molecule has 0 radical (unpaired) electrons. The van der Waals surface area contributed by atoms with Gasteiger partial charge < -0.3 is 15.4 Å². The Morgan fingerprint density at radius 2 is 2.33 bits per heavy atom. The molecule has 100 valence electrons. The third-order valence-corrected chi connectivity index (χ3v) is 4.10. The predicted octanol–water partition coefficient (Wildman–Crippen LogP) is 3.08. The number of anilines is 1. The fourth-order valence-corrected chi connectivity index (χ4v) is 3.05. The van der Waals surface area contributed by atoms with Crippen molar-refractivity contribution >= 4 is 21.6 Å². The molecule has 2 N–H and O–H groups in total. The normalized spacial score (nSPS) is 21.0. The summed E-state index contributed by atoms with van der Waals surface area (Å²) in [6.45, 7) is 3.85. The van der Waals surface area contributed by atoms with Crippen LogP contribution in [0.5, 0.6) is 0 Å². The lowest BCUT2D eigenvalue weighted by molar-refractivity contribution is 0.116. The molecule has 0 saturated carbocycles. The van der Waals surface area contributed by atoms with Gasteiger partial charge in [0.25, 0.3) is 0 Å². The quantitative estimate of drug-likeness (QED) is 0.928. The van der Waals surface area contributed by atoms with Crippen molar-refractivity contribution in [2.75, 3.05) is 25.1 Å². The largest absolute Gasteiger partial charge is 0.376 e. The third kappa shape index (κ3) is 3.25. The van der Waals surface area contributed by atoms with Crippen molar-refractivity contribution in [2.45, 2.75) is 31.9 Å². The van der Waals surface area contributed by atoms with Crippen LogP contribution in [0.2, 0.25) is 0 Å². The molecule has 1 aromatic rings. The van der Waals surface area contributed by atoms with Gasteiger partial charge in [-0.05, 0) is 37.5 Å². The van der Waals surface area contributed by atoms with Crippen molar-refractivity contribution in [1.82, 2.24) is 0 Å². The molecule has 18 heavy (non-hydrogen) atoms. The van der Waals surface area contributed by atoms with Gasteiger partial charge in [-0.25, -0.2) is 0 Å². The molecule has 1 heterocycles. The van der Waals surface area contributed by atoms with Crippen molar-refractivity contribution in [1.29, 1.82) is 0 Å². The highest BCUT2D eigenvalue weighted by Gasteiger charge is 2.18. The van der Waals surface area contributed by atoms with E-state index in [2.05, 4.69) is 46.1 Å². The lowest BCUT2D eigenvalue weighted by Gasteiger charge is -2.23. The molecule has 2 rings (SSSR count). The summed E-state index contributed by atoms with van der Waals surface area (Å²) in [6.07, 6.45) is 2.73. The average molecular weight is 313 g/mol. The van der Waals surface area contributed by atoms with Gasteiger partial charge in [0.05, 0.1) is 6.10 Å². The van der Waals surface area contributed by atoms with Crippen molar-refractivity contribution in [3.05, 3.63) is 28.2 Å². The first-order valence-corrected chi connectivity index (χ1v) is 7.25. The summed E-state index contributed by atoms with van der Waals surface area (Å²) in [7, 11) is 2.11. The fourth-order valence-electron chi connectivity index (χ4n) is 2.32. The van der Waals surface area contributed by atoms with E-state index in [1.54, 1.807) is 0 Å². The van der Waals surface area contributed by atoms with Gasteiger partial charge in [-0.15, -0.1) is 0 Å². The Bertz CT molecular complexity index is 403. The molecule has 0 aromatic heterocycles. The number of rotatable bonds is 4. The molecule has 1 unspecified atom stereocenters. The maximum Gasteiger partial charge on any atom is 0.0750 e. The molecule has 1 aliphatic heterocycles. The summed E-state index contributed by atoms with van der Waals surface area (Å²) in [5, 5.41) is 0. The Morgan fingerprint density at radius 1 is 1.56 bits per heavy atom. The first kappa shape index (κ1) is 13.8. The maximum atomic E-state index is 5.91. The second-order valence-corrected chi connectivity index (χ2v) is 5.86. The van der Waals surface area contributed by atoms with Crippen LogP contribution < -0.4 is 10.6 Å². The fraction of sp³-hybridized carbons (Fsp3) is 0.571. The van der Waals surface area contributed by atoms with Crippen LogP contribution in [0.15, 0.2) is 22.7 Å². The van der Waals surface area contributed by atoms with E-state index >= 15 is 0 Å². The number of ether oxygens (including phenoxy) is 1. The highest BCUT2D eigenvalue weighted by molar-refractivity contribution is 9.10. The second-order valence-electron chi connectivity index (χ2n) is 5.01. The van der Waals surface area contributed by atoms with Crippen LogP contribution in [-0.2, 0) is 4.74 Å². The summed E-state index contributed by atoms with van der Waals surface area (Å²) in [6, 6.07) is 6.40. The molecule has 0 spiro atoms. The topological polar surface area (TPSA) is 38.5 Å². The zero-order chi connectivity index (χ0) is 13.1. The number of nitrogens with zero attached hydrogens (tertiary/aromatic N) is 1. The molecule has 0 amide bonds. The molecule has 0 bridgehead atoms. The first-order valence-electron chi connectivity index (χ1n) is 6.45. The lowest BCUT2D eigenvalue weighted by atomic mass is 10.1. The Kier molecular flexibility index (Phi) is 4.65. The van der Waals surface area contributed by atoms with E-state index in [9.17, 15) is 0 Å². The van der Waals surface area contributed by atoms with Crippen molar-refractivity contribution in [3.8, 4) is 0 Å². The van der Waals surface area contributed by atoms with E-state index in [1.165, 1.54) is 18.5 Å². The van der Waals surface area contributed by atoms with E-state index in [0.717, 1.165) is 23.2 Å². The zero-order valence-electron chi connectivity index (χ0n) is 11.0. The minimum Gasteiger partial charge on any atom is -0.376 e. The summed E-state index contributed by atoms with van der Waals surface area (Å²) >= 11 is 3.59. The van der Waals surface area contributed by atoms with Crippen LogP contribution in [0.1, 0.15) is 31.4 Å². The van der Waals surface area contributed by atoms with Gasteiger partial charge in [0.2, 0.25) is 0 Å². The van der Waals surface area contributed by atoms with Crippen LogP contribution in [0.3, 0.4) is 0 Å². The number of hydrogen-bond acceptors (Lipinski definition) is 3.